The standard InChI is InChI=1S/2C20H15.C2H6Si.2ClH.Zr/c2*1-14-11-17-7-4-8-19(20(17)12-14)18-10-9-15-5-2-3-6-16(15)13-18;1-3-2;;;/h2*2-13H,1H3;1-2H3;2*1H;/q2*-1;;;;+2. The maximum atomic E-state index is 2.31. The molecule has 0 aliphatic rings. The monoisotopic (exact) mass is 730 g/mol. The smallest absolute Gasteiger partial charge is 0.0178 e. The van der Waals surface area contributed by atoms with Gasteiger partial charge in [0, 0.05) is 0 Å². The van der Waals surface area contributed by atoms with Crippen LogP contribution in [0.4, 0.5) is 0 Å². The third-order valence-electron chi connectivity index (χ3n) is 7.91. The first-order chi connectivity index (χ1) is 21.4. The summed E-state index contributed by atoms with van der Waals surface area (Å²) in [5, 5.41) is 10.5. The van der Waals surface area contributed by atoms with Crippen LogP contribution in [0, 0.1) is 13.8 Å². The average Bonchev–Trinajstić information content (AvgIpc) is 3.61. The van der Waals surface area contributed by atoms with Crippen LogP contribution in [0.2, 0.25) is 13.1 Å². The SMILES string of the molecule is C[Si](C)=[Zr+2].Cc1cc2c(-c3ccc4ccccc4c3)cccc2[cH-]1.Cc1cc2c(-c3ccc4ccccc4c3)cccc2[cH-]1.Cl.Cl. The number of rotatable bonds is 2. The van der Waals surface area contributed by atoms with E-state index in [1.165, 1.54) is 76.5 Å². The first kappa shape index (κ1) is 35.6. The molecule has 0 amide bonds. The quantitative estimate of drug-likeness (QED) is 0.123. The van der Waals surface area contributed by atoms with E-state index in [0.29, 0.717) is 0 Å². The zero-order chi connectivity index (χ0) is 30.6. The van der Waals surface area contributed by atoms with Gasteiger partial charge in [-0.3, -0.25) is 0 Å². The molecule has 0 aliphatic heterocycles. The van der Waals surface area contributed by atoms with Gasteiger partial charge >= 0.3 is 41.9 Å². The van der Waals surface area contributed by atoms with Gasteiger partial charge in [0.25, 0.3) is 0 Å². The molecular weight excluding hydrogens is 695 g/mol. The molecule has 8 aromatic rings. The number of aryl methyl sites for hydroxylation is 2. The minimum absolute atomic E-state index is 0. The van der Waals surface area contributed by atoms with E-state index in [4.69, 9.17) is 0 Å². The van der Waals surface area contributed by atoms with Gasteiger partial charge in [-0.25, -0.2) is 0 Å². The van der Waals surface area contributed by atoms with Crippen molar-refractivity contribution in [3.05, 3.63) is 157 Å². The van der Waals surface area contributed by atoms with E-state index in [1.807, 2.05) is 0 Å². The molecular formula is C42H38Cl2SiZr. The van der Waals surface area contributed by atoms with E-state index in [-0.39, 0.29) is 30.2 Å². The fourth-order valence-corrected chi connectivity index (χ4v) is 5.99. The second-order valence-electron chi connectivity index (χ2n) is 11.8. The number of hydrogen-bond acceptors (Lipinski definition) is 0. The van der Waals surface area contributed by atoms with Crippen molar-refractivity contribution in [1.29, 1.82) is 0 Å². The fraction of sp³-hybridized carbons (Fsp3) is 0.0952. The molecule has 0 saturated carbocycles. The van der Waals surface area contributed by atoms with Crippen molar-refractivity contribution in [3.63, 3.8) is 0 Å². The fourth-order valence-electron chi connectivity index (χ4n) is 5.99. The molecule has 0 radical (unpaired) electrons. The van der Waals surface area contributed by atoms with Crippen LogP contribution < -0.4 is 0 Å². The topological polar surface area (TPSA) is 0 Å². The Bertz CT molecular complexity index is 2100. The summed E-state index contributed by atoms with van der Waals surface area (Å²) in [5.74, 6) is 0. The van der Waals surface area contributed by atoms with Crippen molar-refractivity contribution in [2.75, 3.05) is 0 Å². The van der Waals surface area contributed by atoms with E-state index in [2.05, 4.69) is 173 Å². The van der Waals surface area contributed by atoms with Crippen molar-refractivity contribution in [2.24, 2.45) is 0 Å². The van der Waals surface area contributed by atoms with Gasteiger partial charge in [0.2, 0.25) is 0 Å². The molecule has 0 fully saturated rings. The Balaban J connectivity index is 0.000000180. The van der Waals surface area contributed by atoms with E-state index < -0.39 is 0 Å². The van der Waals surface area contributed by atoms with Gasteiger partial charge in [0.15, 0.2) is 0 Å². The van der Waals surface area contributed by atoms with E-state index >= 15 is 0 Å². The van der Waals surface area contributed by atoms with Crippen molar-refractivity contribution in [3.8, 4) is 22.3 Å². The van der Waals surface area contributed by atoms with Crippen molar-refractivity contribution in [2.45, 2.75) is 26.9 Å². The zero-order valence-corrected chi connectivity index (χ0v) is 31.8. The van der Waals surface area contributed by atoms with E-state index in [0.717, 1.165) is 0 Å². The normalized spacial score (nSPS) is 10.4. The van der Waals surface area contributed by atoms with Gasteiger partial charge in [-0.15, -0.1) is 93.9 Å². The Labute approximate surface area is 300 Å². The summed E-state index contributed by atoms with van der Waals surface area (Å²) >= 11 is 1.74. The Morgan fingerprint density at radius 1 is 0.457 bits per heavy atom. The summed E-state index contributed by atoms with van der Waals surface area (Å²) in [6.45, 7) is 8.93. The Hall–Kier alpha value is -3.26. The predicted molar refractivity (Wildman–Crippen MR) is 206 cm³/mol. The van der Waals surface area contributed by atoms with Crippen molar-refractivity contribution >= 4 is 73.3 Å². The first-order valence-corrected chi connectivity index (χ1v) is 21.4. The molecule has 0 spiro atoms. The zero-order valence-electron chi connectivity index (χ0n) is 26.7. The van der Waals surface area contributed by atoms with E-state index in [1.54, 1.807) is 23.3 Å². The molecule has 0 saturated heterocycles. The third kappa shape index (κ3) is 8.17. The molecule has 0 aromatic heterocycles. The largest absolute Gasteiger partial charge is 0.165 e. The molecule has 0 heterocycles. The van der Waals surface area contributed by atoms with Crippen LogP contribution in [0.25, 0.3) is 65.3 Å². The third-order valence-corrected chi connectivity index (χ3v) is 7.91. The summed E-state index contributed by atoms with van der Waals surface area (Å²) in [7, 11) is 0. The molecule has 0 nitrogen and oxygen atoms in total. The molecule has 0 atom stereocenters. The summed E-state index contributed by atoms with van der Waals surface area (Å²) in [6.07, 6.45) is 0. The maximum absolute atomic E-state index is 2.31. The maximum Gasteiger partial charge on any atom is -0.0178 e. The molecule has 0 aliphatic carbocycles. The molecule has 228 valence electrons. The van der Waals surface area contributed by atoms with Crippen LogP contribution in [0.5, 0.6) is 0 Å². The molecule has 46 heavy (non-hydrogen) atoms. The van der Waals surface area contributed by atoms with Gasteiger partial charge in [-0.05, 0) is 44.8 Å². The molecule has 8 rings (SSSR count). The van der Waals surface area contributed by atoms with E-state index in [9.17, 15) is 0 Å². The van der Waals surface area contributed by atoms with Crippen LogP contribution in [-0.4, -0.2) is 5.43 Å². The summed E-state index contributed by atoms with van der Waals surface area (Å²) in [5.41, 5.74) is 8.09. The molecule has 0 unspecified atom stereocenters. The number of hydrogen-bond donors (Lipinski definition) is 0. The Morgan fingerprint density at radius 2 is 0.826 bits per heavy atom. The summed E-state index contributed by atoms with van der Waals surface area (Å²) in [6, 6.07) is 52.6. The Kier molecular flexibility index (Phi) is 12.4. The molecule has 0 bridgehead atoms. The van der Waals surface area contributed by atoms with Crippen LogP contribution in [0.3, 0.4) is 0 Å². The van der Waals surface area contributed by atoms with Crippen LogP contribution in [0.1, 0.15) is 11.1 Å². The predicted octanol–water partition coefficient (Wildman–Crippen LogP) is 13.0. The van der Waals surface area contributed by atoms with Gasteiger partial charge in [0.05, 0.1) is 0 Å². The summed E-state index contributed by atoms with van der Waals surface area (Å²) < 4.78 is 0. The van der Waals surface area contributed by atoms with Crippen LogP contribution >= 0.6 is 24.8 Å². The average molecular weight is 733 g/mol. The van der Waals surface area contributed by atoms with Gasteiger partial charge in [0.1, 0.15) is 0 Å². The molecule has 4 heteroatoms. The first-order valence-electron chi connectivity index (χ1n) is 15.2. The summed E-state index contributed by atoms with van der Waals surface area (Å²) in [4.78, 5) is 0. The number of halogens is 2. The van der Waals surface area contributed by atoms with Crippen LogP contribution in [0.15, 0.2) is 146 Å². The molecule has 0 N–H and O–H groups in total. The van der Waals surface area contributed by atoms with Gasteiger partial charge in [-0.2, -0.15) is 12.1 Å². The van der Waals surface area contributed by atoms with Crippen LogP contribution in [-0.2, 0) is 23.3 Å². The number of benzene rings is 6. The van der Waals surface area contributed by atoms with Gasteiger partial charge in [-0.1, -0.05) is 110 Å². The minimum atomic E-state index is 0. The van der Waals surface area contributed by atoms with Crippen molar-refractivity contribution in [1.82, 2.24) is 0 Å². The number of fused-ring (bicyclic) bond motifs is 4. The van der Waals surface area contributed by atoms with Crippen molar-refractivity contribution < 1.29 is 23.3 Å². The second-order valence-corrected chi connectivity index (χ2v) is 21.2. The second kappa shape index (κ2) is 16.0. The minimum Gasteiger partial charge on any atom is -0.165 e. The molecule has 8 aromatic carbocycles. The Morgan fingerprint density at radius 3 is 1.22 bits per heavy atom. The van der Waals surface area contributed by atoms with Gasteiger partial charge < -0.3 is 0 Å².